The summed E-state index contributed by atoms with van der Waals surface area (Å²) in [6.07, 6.45) is 6.33. The lowest BCUT2D eigenvalue weighted by Crippen LogP contribution is -2.47. The first kappa shape index (κ1) is 25.6. The number of rotatable bonds is 9. The van der Waals surface area contributed by atoms with E-state index in [-0.39, 0.29) is 30.6 Å². The van der Waals surface area contributed by atoms with E-state index < -0.39 is 6.29 Å². The Balaban J connectivity index is 1.59. The number of aliphatic hydroxyl groups is 1. The van der Waals surface area contributed by atoms with Gasteiger partial charge in [-0.3, -0.25) is 9.69 Å². The molecule has 4 atom stereocenters. The van der Waals surface area contributed by atoms with Gasteiger partial charge in [0.15, 0.2) is 6.29 Å². The van der Waals surface area contributed by atoms with Crippen molar-refractivity contribution in [3.8, 4) is 0 Å². The highest BCUT2D eigenvalue weighted by Crippen LogP contribution is 2.42. The third-order valence-electron chi connectivity index (χ3n) is 7.25. The molecule has 1 saturated heterocycles. The molecule has 2 fully saturated rings. The quantitative estimate of drug-likeness (QED) is 0.475. The highest BCUT2D eigenvalue weighted by Gasteiger charge is 2.40. The molecule has 2 aromatic rings. The van der Waals surface area contributed by atoms with Gasteiger partial charge in [0.05, 0.1) is 18.8 Å². The van der Waals surface area contributed by atoms with Gasteiger partial charge in [-0.1, -0.05) is 62.2 Å². The van der Waals surface area contributed by atoms with Gasteiger partial charge in [-0.25, -0.2) is 0 Å². The van der Waals surface area contributed by atoms with Crippen LogP contribution in [0.5, 0.6) is 0 Å². The summed E-state index contributed by atoms with van der Waals surface area (Å²) in [4.78, 5) is 13.9. The number of benzene rings is 2. The second kappa shape index (κ2) is 12.0. The van der Waals surface area contributed by atoms with Crippen molar-refractivity contribution < 1.29 is 19.4 Å². The SMILES string of the molecule is C=CCN(C[C@H]1O[C@@H](c2ccc(NC(C)=O)cc2)O[C@@H](c2ccc(CO)cc2)[C@H]1C)C1CCCC1. The van der Waals surface area contributed by atoms with Crippen molar-refractivity contribution in [2.45, 2.75) is 70.7 Å². The Hall–Kier alpha value is -2.51. The molecule has 6 nitrogen and oxygen atoms in total. The fraction of sp³-hybridized carbons (Fsp3) is 0.483. The van der Waals surface area contributed by atoms with Crippen molar-refractivity contribution in [2.24, 2.45) is 5.92 Å². The molecular weight excluding hydrogens is 440 g/mol. The molecule has 6 heteroatoms. The Kier molecular flexibility index (Phi) is 8.74. The fourth-order valence-corrected chi connectivity index (χ4v) is 5.29. The van der Waals surface area contributed by atoms with Gasteiger partial charge in [0, 0.05) is 43.2 Å². The van der Waals surface area contributed by atoms with E-state index in [1.807, 2.05) is 54.6 Å². The van der Waals surface area contributed by atoms with Gasteiger partial charge in [0.1, 0.15) is 0 Å². The van der Waals surface area contributed by atoms with E-state index in [9.17, 15) is 9.90 Å². The number of aliphatic hydroxyl groups excluding tert-OH is 1. The minimum Gasteiger partial charge on any atom is -0.392 e. The van der Waals surface area contributed by atoms with E-state index in [1.165, 1.54) is 32.6 Å². The molecule has 0 aromatic heterocycles. The Morgan fingerprint density at radius 2 is 1.74 bits per heavy atom. The normalized spacial score (nSPS) is 25.0. The number of ether oxygens (including phenoxy) is 2. The van der Waals surface area contributed by atoms with Crippen LogP contribution in [0.2, 0.25) is 0 Å². The van der Waals surface area contributed by atoms with Crippen LogP contribution in [0.25, 0.3) is 0 Å². The summed E-state index contributed by atoms with van der Waals surface area (Å²) >= 11 is 0. The number of nitrogens with one attached hydrogen (secondary N) is 1. The van der Waals surface area contributed by atoms with E-state index in [0.29, 0.717) is 6.04 Å². The molecule has 35 heavy (non-hydrogen) atoms. The lowest BCUT2D eigenvalue weighted by Gasteiger charge is -2.43. The minimum absolute atomic E-state index is 0.0214. The fourth-order valence-electron chi connectivity index (χ4n) is 5.29. The Morgan fingerprint density at radius 1 is 1.09 bits per heavy atom. The summed E-state index contributed by atoms with van der Waals surface area (Å²) in [5.74, 6) is 0.0380. The lowest BCUT2D eigenvalue weighted by atomic mass is 9.89. The largest absolute Gasteiger partial charge is 0.392 e. The molecule has 2 aliphatic rings. The summed E-state index contributed by atoms with van der Waals surface area (Å²) in [6, 6.07) is 16.2. The molecule has 1 saturated carbocycles. The van der Waals surface area contributed by atoms with E-state index in [2.05, 4.69) is 23.7 Å². The van der Waals surface area contributed by atoms with Crippen LogP contribution in [0.15, 0.2) is 61.2 Å². The summed E-state index contributed by atoms with van der Waals surface area (Å²) < 4.78 is 13.2. The maximum atomic E-state index is 11.4. The first-order valence-electron chi connectivity index (χ1n) is 12.7. The molecule has 1 amide bonds. The first-order chi connectivity index (χ1) is 17.0. The first-order valence-corrected chi connectivity index (χ1v) is 12.7. The number of carbonyl (C=O) groups is 1. The Bertz CT molecular complexity index is 969. The monoisotopic (exact) mass is 478 g/mol. The van der Waals surface area contributed by atoms with Gasteiger partial charge in [-0.2, -0.15) is 0 Å². The van der Waals surface area contributed by atoms with Crippen molar-refractivity contribution in [3.63, 3.8) is 0 Å². The van der Waals surface area contributed by atoms with Crippen LogP contribution in [0.3, 0.4) is 0 Å². The third kappa shape index (κ3) is 6.39. The van der Waals surface area contributed by atoms with Crippen LogP contribution < -0.4 is 5.32 Å². The van der Waals surface area contributed by atoms with Crippen molar-refractivity contribution in [1.82, 2.24) is 4.90 Å². The van der Waals surface area contributed by atoms with E-state index in [1.54, 1.807) is 0 Å². The topological polar surface area (TPSA) is 71.0 Å². The van der Waals surface area contributed by atoms with Crippen molar-refractivity contribution in [2.75, 3.05) is 18.4 Å². The predicted octanol–water partition coefficient (Wildman–Crippen LogP) is 5.36. The average Bonchev–Trinajstić information content (AvgIpc) is 3.40. The third-order valence-corrected chi connectivity index (χ3v) is 7.25. The van der Waals surface area contributed by atoms with Crippen molar-refractivity contribution >= 4 is 11.6 Å². The second-order valence-electron chi connectivity index (χ2n) is 9.81. The molecule has 1 aliphatic carbocycles. The second-order valence-corrected chi connectivity index (χ2v) is 9.81. The number of nitrogens with zero attached hydrogens (tertiary/aromatic N) is 1. The molecular formula is C29H38N2O4. The molecule has 188 valence electrons. The molecule has 1 heterocycles. The summed E-state index contributed by atoms with van der Waals surface area (Å²) in [5.41, 5.74) is 3.63. The lowest BCUT2D eigenvalue weighted by molar-refractivity contribution is -0.276. The van der Waals surface area contributed by atoms with E-state index in [0.717, 1.165) is 35.5 Å². The highest BCUT2D eigenvalue weighted by atomic mass is 16.7. The van der Waals surface area contributed by atoms with Gasteiger partial charge in [0.2, 0.25) is 5.91 Å². The average molecular weight is 479 g/mol. The van der Waals surface area contributed by atoms with Gasteiger partial charge in [-0.15, -0.1) is 6.58 Å². The standard InChI is InChI=1S/C29H38N2O4/c1-4-17-31(26-7-5-6-8-26)18-27-20(2)28(23-11-9-22(19-32)10-12-23)35-29(34-27)24-13-15-25(16-14-24)30-21(3)33/h4,9-16,20,26-29,32H,1,5-8,17-19H2,2-3H3,(H,30,33)/t20-,27+,28+,29+/m0/s1. The number of hydrogen-bond donors (Lipinski definition) is 2. The maximum absolute atomic E-state index is 11.4. The van der Waals surface area contributed by atoms with E-state index in [4.69, 9.17) is 9.47 Å². The number of hydrogen-bond acceptors (Lipinski definition) is 5. The molecule has 2 N–H and O–H groups in total. The summed E-state index contributed by atoms with van der Waals surface area (Å²) in [6.45, 7) is 9.40. The Labute approximate surface area is 208 Å². The van der Waals surface area contributed by atoms with Crippen LogP contribution >= 0.6 is 0 Å². The van der Waals surface area contributed by atoms with Crippen LogP contribution in [0, 0.1) is 5.92 Å². The molecule has 0 spiro atoms. The van der Waals surface area contributed by atoms with Gasteiger partial charge < -0.3 is 19.9 Å². The van der Waals surface area contributed by atoms with Crippen LogP contribution in [0.4, 0.5) is 5.69 Å². The number of anilines is 1. The number of amides is 1. The Morgan fingerprint density at radius 3 is 2.34 bits per heavy atom. The van der Waals surface area contributed by atoms with Gasteiger partial charge in [-0.05, 0) is 36.1 Å². The van der Waals surface area contributed by atoms with E-state index >= 15 is 0 Å². The highest BCUT2D eigenvalue weighted by molar-refractivity contribution is 5.88. The van der Waals surface area contributed by atoms with Crippen LogP contribution in [0.1, 0.15) is 68.6 Å². The van der Waals surface area contributed by atoms with Gasteiger partial charge in [0.25, 0.3) is 0 Å². The van der Waals surface area contributed by atoms with Crippen molar-refractivity contribution in [3.05, 3.63) is 77.9 Å². The zero-order valence-corrected chi connectivity index (χ0v) is 20.9. The predicted molar refractivity (Wildman–Crippen MR) is 138 cm³/mol. The molecule has 1 aliphatic heterocycles. The molecule has 2 aromatic carbocycles. The summed E-state index contributed by atoms with van der Waals surface area (Å²) in [7, 11) is 0. The molecule has 0 bridgehead atoms. The minimum atomic E-state index is -0.515. The zero-order valence-electron chi connectivity index (χ0n) is 20.9. The smallest absolute Gasteiger partial charge is 0.221 e. The van der Waals surface area contributed by atoms with Crippen LogP contribution in [-0.2, 0) is 20.9 Å². The molecule has 0 radical (unpaired) electrons. The van der Waals surface area contributed by atoms with Crippen molar-refractivity contribution in [1.29, 1.82) is 0 Å². The summed E-state index contributed by atoms with van der Waals surface area (Å²) in [5, 5.41) is 12.3. The molecule has 4 rings (SSSR count). The molecule has 0 unspecified atom stereocenters. The number of carbonyl (C=O) groups excluding carboxylic acids is 1. The zero-order chi connectivity index (χ0) is 24.8. The van der Waals surface area contributed by atoms with Gasteiger partial charge >= 0.3 is 0 Å². The maximum Gasteiger partial charge on any atom is 0.221 e. The van der Waals surface area contributed by atoms with Crippen LogP contribution in [-0.4, -0.2) is 41.1 Å².